The minimum atomic E-state index is -0.595. The SMILES string of the molecule is COCCNC(CN)c1cc(F)cc(F)c1. The summed E-state index contributed by atoms with van der Waals surface area (Å²) in [5.74, 6) is -1.19. The molecule has 3 N–H and O–H groups in total. The quantitative estimate of drug-likeness (QED) is 0.722. The van der Waals surface area contributed by atoms with Gasteiger partial charge in [-0.25, -0.2) is 8.78 Å². The van der Waals surface area contributed by atoms with E-state index in [2.05, 4.69) is 5.32 Å². The first-order valence-corrected chi connectivity index (χ1v) is 5.05. The highest BCUT2D eigenvalue weighted by Gasteiger charge is 2.11. The number of ether oxygens (including phenoxy) is 1. The molecule has 0 aliphatic rings. The average molecular weight is 230 g/mol. The number of nitrogens with two attached hydrogens (primary N) is 1. The standard InChI is InChI=1S/C11H16F2N2O/c1-16-3-2-15-11(7-14)8-4-9(12)6-10(13)5-8/h4-6,11,15H,2-3,7,14H2,1H3. The Morgan fingerprint density at radius 3 is 2.44 bits per heavy atom. The summed E-state index contributed by atoms with van der Waals surface area (Å²) in [6.07, 6.45) is 0. The van der Waals surface area contributed by atoms with Crippen molar-refractivity contribution in [2.45, 2.75) is 6.04 Å². The van der Waals surface area contributed by atoms with Crippen LogP contribution in [0, 0.1) is 11.6 Å². The lowest BCUT2D eigenvalue weighted by Crippen LogP contribution is -2.30. The Bertz CT molecular complexity index is 314. The van der Waals surface area contributed by atoms with Crippen molar-refractivity contribution in [1.82, 2.24) is 5.32 Å². The van der Waals surface area contributed by atoms with Crippen LogP contribution in [-0.2, 0) is 4.74 Å². The molecule has 0 amide bonds. The molecule has 0 fully saturated rings. The largest absolute Gasteiger partial charge is 0.383 e. The second kappa shape index (κ2) is 6.52. The topological polar surface area (TPSA) is 47.3 Å². The molecule has 1 aromatic rings. The first-order valence-electron chi connectivity index (χ1n) is 5.05. The monoisotopic (exact) mass is 230 g/mol. The Morgan fingerprint density at radius 2 is 1.94 bits per heavy atom. The normalized spacial score (nSPS) is 12.8. The van der Waals surface area contributed by atoms with E-state index in [1.807, 2.05) is 0 Å². The number of halogens is 2. The van der Waals surface area contributed by atoms with E-state index in [0.29, 0.717) is 18.7 Å². The van der Waals surface area contributed by atoms with Gasteiger partial charge in [0.25, 0.3) is 0 Å². The predicted molar refractivity (Wildman–Crippen MR) is 58.0 cm³/mol. The van der Waals surface area contributed by atoms with Crippen molar-refractivity contribution in [2.75, 3.05) is 26.8 Å². The first-order chi connectivity index (χ1) is 7.67. The molecule has 0 spiro atoms. The molecule has 0 aliphatic heterocycles. The molecule has 1 atom stereocenters. The van der Waals surface area contributed by atoms with Crippen LogP contribution in [0.1, 0.15) is 11.6 Å². The lowest BCUT2D eigenvalue weighted by molar-refractivity contribution is 0.196. The second-order valence-corrected chi connectivity index (χ2v) is 3.44. The maximum atomic E-state index is 13.0. The van der Waals surface area contributed by atoms with Gasteiger partial charge in [-0.2, -0.15) is 0 Å². The average Bonchev–Trinajstić information content (AvgIpc) is 2.23. The maximum absolute atomic E-state index is 13.0. The molecule has 1 rings (SSSR count). The number of nitrogens with one attached hydrogen (secondary N) is 1. The van der Waals surface area contributed by atoms with E-state index in [0.717, 1.165) is 6.07 Å². The Balaban J connectivity index is 2.70. The fraction of sp³-hybridized carbons (Fsp3) is 0.455. The molecule has 0 heterocycles. The van der Waals surface area contributed by atoms with E-state index in [9.17, 15) is 8.78 Å². The number of benzene rings is 1. The molecule has 5 heteroatoms. The number of hydrogen-bond acceptors (Lipinski definition) is 3. The zero-order chi connectivity index (χ0) is 12.0. The van der Waals surface area contributed by atoms with E-state index in [-0.39, 0.29) is 12.6 Å². The predicted octanol–water partition coefficient (Wildman–Crippen LogP) is 1.20. The van der Waals surface area contributed by atoms with E-state index >= 15 is 0 Å². The van der Waals surface area contributed by atoms with Gasteiger partial charge in [0.1, 0.15) is 11.6 Å². The van der Waals surface area contributed by atoms with Crippen molar-refractivity contribution < 1.29 is 13.5 Å². The summed E-state index contributed by atoms with van der Waals surface area (Å²) in [6.45, 7) is 1.37. The van der Waals surface area contributed by atoms with E-state index in [4.69, 9.17) is 10.5 Å². The van der Waals surface area contributed by atoms with Gasteiger partial charge < -0.3 is 15.8 Å². The molecule has 16 heavy (non-hydrogen) atoms. The molecule has 3 nitrogen and oxygen atoms in total. The third-order valence-corrected chi connectivity index (χ3v) is 2.22. The highest BCUT2D eigenvalue weighted by molar-refractivity contribution is 5.21. The van der Waals surface area contributed by atoms with Crippen molar-refractivity contribution in [3.8, 4) is 0 Å². The smallest absolute Gasteiger partial charge is 0.126 e. The molecule has 0 aliphatic carbocycles. The van der Waals surface area contributed by atoms with Crippen LogP contribution in [0.2, 0.25) is 0 Å². The summed E-state index contributed by atoms with van der Waals surface area (Å²) >= 11 is 0. The Hall–Kier alpha value is -1.04. The van der Waals surface area contributed by atoms with Gasteiger partial charge in [-0.3, -0.25) is 0 Å². The Labute approximate surface area is 93.6 Å². The molecule has 90 valence electrons. The van der Waals surface area contributed by atoms with Gasteiger partial charge in [0.15, 0.2) is 0 Å². The third-order valence-electron chi connectivity index (χ3n) is 2.22. The second-order valence-electron chi connectivity index (χ2n) is 3.44. The van der Waals surface area contributed by atoms with Gasteiger partial charge in [0, 0.05) is 32.3 Å². The van der Waals surface area contributed by atoms with Crippen molar-refractivity contribution in [3.63, 3.8) is 0 Å². The van der Waals surface area contributed by atoms with E-state index < -0.39 is 11.6 Å². The summed E-state index contributed by atoms with van der Waals surface area (Å²) < 4.78 is 30.8. The van der Waals surface area contributed by atoms with E-state index in [1.54, 1.807) is 7.11 Å². The Morgan fingerprint density at radius 1 is 1.31 bits per heavy atom. The third kappa shape index (κ3) is 3.84. The molecule has 0 saturated carbocycles. The summed E-state index contributed by atoms with van der Waals surface area (Å²) in [5.41, 5.74) is 6.05. The van der Waals surface area contributed by atoms with Crippen molar-refractivity contribution >= 4 is 0 Å². The highest BCUT2D eigenvalue weighted by atomic mass is 19.1. The van der Waals surface area contributed by atoms with Crippen molar-refractivity contribution in [3.05, 3.63) is 35.4 Å². The lowest BCUT2D eigenvalue weighted by Gasteiger charge is -2.17. The first kappa shape index (κ1) is 13.0. The molecule has 0 aromatic heterocycles. The molecule has 0 saturated heterocycles. The van der Waals surface area contributed by atoms with Gasteiger partial charge in [-0.1, -0.05) is 0 Å². The highest BCUT2D eigenvalue weighted by Crippen LogP contribution is 2.15. The van der Waals surface area contributed by atoms with Crippen LogP contribution in [0.4, 0.5) is 8.78 Å². The van der Waals surface area contributed by atoms with Gasteiger partial charge in [-0.15, -0.1) is 0 Å². The maximum Gasteiger partial charge on any atom is 0.126 e. The van der Waals surface area contributed by atoms with Crippen LogP contribution in [0.15, 0.2) is 18.2 Å². The van der Waals surface area contributed by atoms with Crippen molar-refractivity contribution in [2.24, 2.45) is 5.73 Å². The van der Waals surface area contributed by atoms with Crippen LogP contribution in [0.5, 0.6) is 0 Å². The fourth-order valence-corrected chi connectivity index (χ4v) is 1.45. The zero-order valence-electron chi connectivity index (χ0n) is 9.17. The molecular weight excluding hydrogens is 214 g/mol. The minimum absolute atomic E-state index is 0.264. The minimum Gasteiger partial charge on any atom is -0.383 e. The molecule has 1 unspecified atom stereocenters. The van der Waals surface area contributed by atoms with Gasteiger partial charge >= 0.3 is 0 Å². The van der Waals surface area contributed by atoms with Gasteiger partial charge in [0.2, 0.25) is 0 Å². The molecule has 0 bridgehead atoms. The summed E-state index contributed by atoms with van der Waals surface area (Å²) in [7, 11) is 1.58. The van der Waals surface area contributed by atoms with Crippen molar-refractivity contribution in [1.29, 1.82) is 0 Å². The van der Waals surface area contributed by atoms with Crippen LogP contribution in [0.3, 0.4) is 0 Å². The molecular formula is C11H16F2N2O. The summed E-state index contributed by atoms with van der Waals surface area (Å²) in [5, 5.41) is 3.06. The molecule has 1 aromatic carbocycles. The zero-order valence-corrected chi connectivity index (χ0v) is 9.17. The number of hydrogen-bond donors (Lipinski definition) is 2. The summed E-state index contributed by atoms with van der Waals surface area (Å²) in [4.78, 5) is 0. The molecule has 0 radical (unpaired) electrons. The summed E-state index contributed by atoms with van der Waals surface area (Å²) in [6, 6.07) is 3.13. The van der Waals surface area contributed by atoms with Crippen LogP contribution in [0.25, 0.3) is 0 Å². The van der Waals surface area contributed by atoms with Crippen LogP contribution >= 0.6 is 0 Å². The lowest BCUT2D eigenvalue weighted by atomic mass is 10.1. The van der Waals surface area contributed by atoms with E-state index in [1.165, 1.54) is 12.1 Å². The van der Waals surface area contributed by atoms with Gasteiger partial charge in [-0.05, 0) is 17.7 Å². The number of rotatable bonds is 6. The fourth-order valence-electron chi connectivity index (χ4n) is 1.45. The van der Waals surface area contributed by atoms with Gasteiger partial charge in [0.05, 0.1) is 6.61 Å². The number of methoxy groups -OCH3 is 1. The Kier molecular flexibility index (Phi) is 5.31. The van der Waals surface area contributed by atoms with Crippen LogP contribution in [-0.4, -0.2) is 26.8 Å². The van der Waals surface area contributed by atoms with Crippen LogP contribution < -0.4 is 11.1 Å².